The maximum Gasteiger partial charge on any atom is 0.354 e. The number of carbonyl (C=O) groups is 1. The van der Waals surface area contributed by atoms with Gasteiger partial charge in [0.15, 0.2) is 0 Å². The Kier molecular flexibility index (Phi) is 7.15. The average Bonchev–Trinajstić information content (AvgIpc) is 2.78. The fourth-order valence-electron chi connectivity index (χ4n) is 4.34. The van der Waals surface area contributed by atoms with Gasteiger partial charge in [-0.05, 0) is 43.0 Å². The Balaban J connectivity index is 1.35. The Hall–Kier alpha value is -2.79. The third-order valence-electron chi connectivity index (χ3n) is 6.03. The van der Waals surface area contributed by atoms with Crippen LogP contribution in [0.2, 0.25) is 0 Å². The Morgan fingerprint density at radius 1 is 1.06 bits per heavy atom. The van der Waals surface area contributed by atoms with Gasteiger partial charge < -0.3 is 27.0 Å². The number of nitrogens with two attached hydrogens (primary N) is 2. The summed E-state index contributed by atoms with van der Waals surface area (Å²) >= 11 is 0. The summed E-state index contributed by atoms with van der Waals surface area (Å²) in [6.45, 7) is 3.49. The third kappa shape index (κ3) is 5.71. The van der Waals surface area contributed by atoms with Crippen LogP contribution in [0.5, 0.6) is 0 Å². The van der Waals surface area contributed by atoms with E-state index in [1.54, 1.807) is 17.2 Å². The largest absolute Gasteiger partial charge is 0.354 e. The molecule has 1 aromatic heterocycles. The minimum absolute atomic E-state index is 0.155. The summed E-state index contributed by atoms with van der Waals surface area (Å²) in [6, 6.07) is 9.76. The number of anilines is 1. The van der Waals surface area contributed by atoms with Crippen molar-refractivity contribution in [1.82, 2.24) is 25.1 Å². The molecule has 1 aliphatic carbocycles. The molecule has 2 aromatic rings. The van der Waals surface area contributed by atoms with E-state index in [0.717, 1.165) is 37.9 Å². The number of hydrogen-bond acceptors (Lipinski definition) is 7. The summed E-state index contributed by atoms with van der Waals surface area (Å²) in [4.78, 5) is 30.5. The molecule has 2 atom stereocenters. The third-order valence-corrected chi connectivity index (χ3v) is 6.03. The fourth-order valence-corrected chi connectivity index (χ4v) is 4.34. The minimum Gasteiger partial charge on any atom is -0.328 e. The van der Waals surface area contributed by atoms with E-state index >= 15 is 0 Å². The van der Waals surface area contributed by atoms with E-state index in [4.69, 9.17) is 11.5 Å². The van der Waals surface area contributed by atoms with Gasteiger partial charge in [-0.1, -0.05) is 12.1 Å². The first-order chi connectivity index (χ1) is 15.5. The van der Waals surface area contributed by atoms with Gasteiger partial charge in [-0.2, -0.15) is 4.98 Å². The zero-order valence-electron chi connectivity index (χ0n) is 18.2. The van der Waals surface area contributed by atoms with Gasteiger partial charge in [0.2, 0.25) is 0 Å². The van der Waals surface area contributed by atoms with Crippen molar-refractivity contribution in [3.8, 4) is 5.69 Å². The van der Waals surface area contributed by atoms with Crippen molar-refractivity contribution < 1.29 is 4.79 Å². The molecule has 1 saturated heterocycles. The van der Waals surface area contributed by atoms with E-state index in [-0.39, 0.29) is 23.9 Å². The highest BCUT2D eigenvalue weighted by Crippen LogP contribution is 2.17. The number of piperazine rings is 1. The summed E-state index contributed by atoms with van der Waals surface area (Å²) in [5.74, 6) is 0.250. The lowest BCUT2D eigenvalue weighted by Crippen LogP contribution is -2.48. The number of rotatable bonds is 5. The molecule has 2 fully saturated rings. The van der Waals surface area contributed by atoms with Gasteiger partial charge in [0, 0.05) is 57.0 Å². The predicted molar refractivity (Wildman–Crippen MR) is 124 cm³/mol. The second-order valence-corrected chi connectivity index (χ2v) is 8.60. The van der Waals surface area contributed by atoms with Crippen molar-refractivity contribution in [3.05, 3.63) is 52.6 Å². The number of urea groups is 1. The van der Waals surface area contributed by atoms with Crippen LogP contribution in [0.15, 0.2) is 41.3 Å². The maximum absolute atomic E-state index is 12.5. The smallest absolute Gasteiger partial charge is 0.328 e. The van der Waals surface area contributed by atoms with Crippen LogP contribution in [-0.2, 0) is 6.54 Å². The van der Waals surface area contributed by atoms with Crippen molar-refractivity contribution in [2.24, 2.45) is 11.5 Å². The number of nitrogens with zero attached hydrogens (tertiary/aromatic N) is 3. The molecule has 32 heavy (non-hydrogen) atoms. The SMILES string of the molecule is NC1CC(N)CC(NCc2ccc(-n3ccc(NC(=O)N4CCNCC4)nc3=O)cc2)C1. The van der Waals surface area contributed by atoms with Crippen LogP contribution in [0.3, 0.4) is 0 Å². The number of aromatic nitrogens is 2. The second kappa shape index (κ2) is 10.2. The van der Waals surface area contributed by atoms with E-state index in [1.165, 1.54) is 4.57 Å². The maximum atomic E-state index is 12.5. The van der Waals surface area contributed by atoms with Crippen LogP contribution in [0.1, 0.15) is 24.8 Å². The summed E-state index contributed by atoms with van der Waals surface area (Å²) in [6.07, 6.45) is 4.38. The molecule has 1 aromatic carbocycles. The number of amides is 2. The lowest BCUT2D eigenvalue weighted by molar-refractivity contribution is 0.204. The number of carbonyl (C=O) groups excluding carboxylic acids is 1. The molecule has 2 aliphatic rings. The number of benzene rings is 1. The zero-order chi connectivity index (χ0) is 22.5. The molecule has 4 rings (SSSR count). The van der Waals surface area contributed by atoms with Crippen molar-refractivity contribution >= 4 is 11.8 Å². The molecule has 172 valence electrons. The zero-order valence-corrected chi connectivity index (χ0v) is 18.2. The molecule has 2 heterocycles. The molecule has 1 aliphatic heterocycles. The summed E-state index contributed by atoms with van der Waals surface area (Å²) in [7, 11) is 0. The second-order valence-electron chi connectivity index (χ2n) is 8.60. The molecule has 0 bridgehead atoms. The molecule has 10 heteroatoms. The fraction of sp³-hybridized carbons (Fsp3) is 0.500. The topological polar surface area (TPSA) is 143 Å². The Labute approximate surface area is 187 Å². The predicted octanol–water partition coefficient (Wildman–Crippen LogP) is -0.0337. The highest BCUT2D eigenvalue weighted by Gasteiger charge is 2.24. The molecule has 2 unspecified atom stereocenters. The first-order valence-corrected chi connectivity index (χ1v) is 11.2. The van der Waals surface area contributed by atoms with Crippen LogP contribution in [0, 0.1) is 0 Å². The summed E-state index contributed by atoms with van der Waals surface area (Å²) in [5.41, 5.74) is 13.5. The monoisotopic (exact) mass is 440 g/mol. The van der Waals surface area contributed by atoms with Gasteiger partial charge in [0.25, 0.3) is 0 Å². The number of hydrogen-bond donors (Lipinski definition) is 5. The first-order valence-electron chi connectivity index (χ1n) is 11.2. The van der Waals surface area contributed by atoms with Crippen molar-refractivity contribution in [2.75, 3.05) is 31.5 Å². The van der Waals surface area contributed by atoms with Crippen molar-refractivity contribution in [3.63, 3.8) is 0 Å². The summed E-state index contributed by atoms with van der Waals surface area (Å²) < 4.78 is 1.46. The molecule has 1 saturated carbocycles. The van der Waals surface area contributed by atoms with Gasteiger partial charge in [-0.15, -0.1) is 0 Å². The molecular weight excluding hydrogens is 408 g/mol. The lowest BCUT2D eigenvalue weighted by atomic mass is 9.88. The molecule has 0 radical (unpaired) electrons. The molecule has 7 N–H and O–H groups in total. The highest BCUT2D eigenvalue weighted by atomic mass is 16.2. The normalized spacial score (nSPS) is 23.7. The van der Waals surface area contributed by atoms with Crippen LogP contribution >= 0.6 is 0 Å². The van der Waals surface area contributed by atoms with E-state index < -0.39 is 5.69 Å². The van der Waals surface area contributed by atoms with E-state index in [9.17, 15) is 9.59 Å². The van der Waals surface area contributed by atoms with Crippen molar-refractivity contribution in [2.45, 2.75) is 43.9 Å². The van der Waals surface area contributed by atoms with Gasteiger partial charge >= 0.3 is 11.7 Å². The first kappa shape index (κ1) is 22.4. The molecule has 10 nitrogen and oxygen atoms in total. The Morgan fingerprint density at radius 3 is 2.41 bits per heavy atom. The van der Waals surface area contributed by atoms with Crippen LogP contribution in [0.4, 0.5) is 10.6 Å². The number of nitrogens with one attached hydrogen (secondary N) is 3. The van der Waals surface area contributed by atoms with E-state index in [0.29, 0.717) is 31.4 Å². The van der Waals surface area contributed by atoms with Crippen LogP contribution in [-0.4, -0.2) is 64.8 Å². The van der Waals surface area contributed by atoms with Gasteiger partial charge in [-0.3, -0.25) is 9.88 Å². The minimum atomic E-state index is -0.445. The molecule has 0 spiro atoms. The summed E-state index contributed by atoms with van der Waals surface area (Å²) in [5, 5.41) is 9.43. The average molecular weight is 441 g/mol. The standard InChI is InChI=1S/C22H32N8O2/c23-16-11-17(24)13-18(12-16)26-14-15-1-3-19(4-2-15)30-8-5-20(28-22(30)32)27-21(31)29-9-6-25-7-10-29/h1-5,8,16-18,25-26H,6-7,9-14,23-24H2,(H,27,28,31,32). The highest BCUT2D eigenvalue weighted by molar-refractivity contribution is 5.88. The van der Waals surface area contributed by atoms with Crippen LogP contribution in [0.25, 0.3) is 5.69 Å². The Bertz CT molecular complexity index is 961. The van der Waals surface area contributed by atoms with Gasteiger partial charge in [0.05, 0.1) is 5.69 Å². The quantitative estimate of drug-likeness (QED) is 0.439. The lowest BCUT2D eigenvalue weighted by Gasteiger charge is -2.31. The molecular formula is C22H32N8O2. The Morgan fingerprint density at radius 2 is 1.75 bits per heavy atom. The van der Waals surface area contributed by atoms with E-state index in [1.807, 2.05) is 24.3 Å². The van der Waals surface area contributed by atoms with Gasteiger partial charge in [0.1, 0.15) is 5.82 Å². The van der Waals surface area contributed by atoms with Crippen LogP contribution < -0.4 is 33.1 Å². The molecule has 2 amide bonds. The van der Waals surface area contributed by atoms with Gasteiger partial charge in [-0.25, -0.2) is 9.59 Å². The van der Waals surface area contributed by atoms with Crippen molar-refractivity contribution in [1.29, 1.82) is 0 Å². The van der Waals surface area contributed by atoms with E-state index in [2.05, 4.69) is 20.9 Å².